The third-order valence-corrected chi connectivity index (χ3v) is 2.85. The number of ether oxygens (including phenoxy) is 1. The lowest BCUT2D eigenvalue weighted by molar-refractivity contribution is -0.158. The van der Waals surface area contributed by atoms with Gasteiger partial charge in [0.15, 0.2) is 5.78 Å². The Morgan fingerprint density at radius 2 is 1.93 bits per heavy atom. The molecule has 0 aliphatic heterocycles. The average Bonchev–Trinajstić information content (AvgIpc) is 2.81. The van der Waals surface area contributed by atoms with E-state index in [1.165, 1.54) is 0 Å². The minimum atomic E-state index is -0.967. The summed E-state index contributed by atoms with van der Waals surface area (Å²) in [6.45, 7) is 7.41. The van der Waals surface area contributed by atoms with E-state index in [1.54, 1.807) is 20.8 Å². The molecule has 80 valence electrons. The predicted octanol–water partition coefficient (Wildman–Crippen LogP) is 1.80. The maximum atomic E-state index is 11.9. The van der Waals surface area contributed by atoms with E-state index in [0.717, 1.165) is 6.42 Å². The third kappa shape index (κ3) is 1.97. The second-order valence-electron chi connectivity index (χ2n) is 4.53. The van der Waals surface area contributed by atoms with Crippen LogP contribution in [0, 0.1) is 17.3 Å². The molecule has 0 saturated heterocycles. The molecule has 0 heterocycles. The molecule has 0 aromatic rings. The molecular formula is C11H18O3. The van der Waals surface area contributed by atoms with Crippen LogP contribution in [-0.2, 0) is 14.3 Å². The lowest BCUT2D eigenvalue weighted by atomic mass is 9.85. The van der Waals surface area contributed by atoms with E-state index >= 15 is 0 Å². The Balaban J connectivity index is 2.64. The molecule has 1 saturated carbocycles. The Bertz CT molecular complexity index is 255. The molecule has 0 radical (unpaired) electrons. The fourth-order valence-electron chi connectivity index (χ4n) is 1.56. The molecular weight excluding hydrogens is 180 g/mol. The molecule has 0 amide bonds. The van der Waals surface area contributed by atoms with Crippen LogP contribution in [0.3, 0.4) is 0 Å². The summed E-state index contributed by atoms with van der Waals surface area (Å²) in [6.07, 6.45) is 0.918. The van der Waals surface area contributed by atoms with Crippen molar-refractivity contribution in [2.45, 2.75) is 34.1 Å². The van der Waals surface area contributed by atoms with Crippen molar-refractivity contribution in [3.8, 4) is 0 Å². The number of carbonyl (C=O) groups is 2. The molecule has 0 spiro atoms. The standard InChI is InChI=1S/C11H18O3/c1-5-14-10(13)11(3,4)9(12)8-6-7(8)2/h7-8H,5-6H2,1-4H3. The van der Waals surface area contributed by atoms with Crippen LogP contribution in [0.15, 0.2) is 0 Å². The quantitative estimate of drug-likeness (QED) is 0.511. The van der Waals surface area contributed by atoms with Crippen molar-refractivity contribution in [1.82, 2.24) is 0 Å². The van der Waals surface area contributed by atoms with Gasteiger partial charge in [-0.2, -0.15) is 0 Å². The van der Waals surface area contributed by atoms with E-state index in [4.69, 9.17) is 4.74 Å². The van der Waals surface area contributed by atoms with Crippen LogP contribution in [0.2, 0.25) is 0 Å². The first-order chi connectivity index (χ1) is 6.41. The highest BCUT2D eigenvalue weighted by atomic mass is 16.5. The van der Waals surface area contributed by atoms with Gasteiger partial charge in [-0.25, -0.2) is 0 Å². The molecule has 0 N–H and O–H groups in total. The fourth-order valence-corrected chi connectivity index (χ4v) is 1.56. The van der Waals surface area contributed by atoms with Gasteiger partial charge in [-0.3, -0.25) is 9.59 Å². The van der Waals surface area contributed by atoms with Crippen LogP contribution in [0.5, 0.6) is 0 Å². The van der Waals surface area contributed by atoms with Gasteiger partial charge < -0.3 is 4.74 Å². The summed E-state index contributed by atoms with van der Waals surface area (Å²) in [6, 6.07) is 0. The summed E-state index contributed by atoms with van der Waals surface area (Å²) < 4.78 is 4.88. The molecule has 1 aliphatic carbocycles. The van der Waals surface area contributed by atoms with Crippen LogP contribution in [0.25, 0.3) is 0 Å². The highest BCUT2D eigenvalue weighted by Gasteiger charge is 2.49. The molecule has 3 heteroatoms. The smallest absolute Gasteiger partial charge is 0.319 e. The van der Waals surface area contributed by atoms with E-state index in [0.29, 0.717) is 12.5 Å². The lowest BCUT2D eigenvalue weighted by Gasteiger charge is -2.20. The van der Waals surface area contributed by atoms with Crippen molar-refractivity contribution in [1.29, 1.82) is 0 Å². The SMILES string of the molecule is CCOC(=O)C(C)(C)C(=O)C1CC1C. The summed E-state index contributed by atoms with van der Waals surface area (Å²) in [5, 5.41) is 0. The average molecular weight is 198 g/mol. The Kier molecular flexibility index (Phi) is 2.98. The third-order valence-electron chi connectivity index (χ3n) is 2.85. The van der Waals surface area contributed by atoms with Crippen molar-refractivity contribution >= 4 is 11.8 Å². The minimum Gasteiger partial charge on any atom is -0.465 e. The Hall–Kier alpha value is -0.860. The van der Waals surface area contributed by atoms with Crippen LogP contribution < -0.4 is 0 Å². The zero-order valence-electron chi connectivity index (χ0n) is 9.29. The van der Waals surface area contributed by atoms with Crippen LogP contribution in [0.1, 0.15) is 34.1 Å². The van der Waals surface area contributed by atoms with Crippen molar-refractivity contribution < 1.29 is 14.3 Å². The van der Waals surface area contributed by atoms with E-state index in [2.05, 4.69) is 0 Å². The number of carbonyl (C=O) groups excluding carboxylic acids is 2. The van der Waals surface area contributed by atoms with Crippen LogP contribution >= 0.6 is 0 Å². The molecule has 1 fully saturated rings. The van der Waals surface area contributed by atoms with Crippen molar-refractivity contribution in [3.63, 3.8) is 0 Å². The largest absolute Gasteiger partial charge is 0.465 e. The molecule has 2 atom stereocenters. The Labute approximate surface area is 84.8 Å². The van der Waals surface area contributed by atoms with Crippen molar-refractivity contribution in [3.05, 3.63) is 0 Å². The van der Waals surface area contributed by atoms with Crippen LogP contribution in [-0.4, -0.2) is 18.4 Å². The molecule has 2 unspecified atom stereocenters. The molecule has 0 aromatic heterocycles. The minimum absolute atomic E-state index is 0.0310. The highest BCUT2D eigenvalue weighted by Crippen LogP contribution is 2.43. The molecule has 0 bridgehead atoms. The Morgan fingerprint density at radius 3 is 2.29 bits per heavy atom. The van der Waals surface area contributed by atoms with Gasteiger partial charge in [0.25, 0.3) is 0 Å². The number of esters is 1. The van der Waals surface area contributed by atoms with Crippen molar-refractivity contribution in [2.75, 3.05) is 6.61 Å². The Morgan fingerprint density at radius 1 is 1.43 bits per heavy atom. The number of ketones is 1. The van der Waals surface area contributed by atoms with Gasteiger partial charge in [0.1, 0.15) is 5.41 Å². The van der Waals surface area contributed by atoms with E-state index in [9.17, 15) is 9.59 Å². The van der Waals surface area contributed by atoms with Gasteiger partial charge in [0.2, 0.25) is 0 Å². The van der Waals surface area contributed by atoms with Gasteiger partial charge in [-0.15, -0.1) is 0 Å². The number of hydrogen-bond acceptors (Lipinski definition) is 3. The molecule has 14 heavy (non-hydrogen) atoms. The topological polar surface area (TPSA) is 43.4 Å². The first-order valence-electron chi connectivity index (χ1n) is 5.12. The van der Waals surface area contributed by atoms with Crippen LogP contribution in [0.4, 0.5) is 0 Å². The molecule has 3 nitrogen and oxygen atoms in total. The summed E-state index contributed by atoms with van der Waals surface area (Å²) in [5.41, 5.74) is -0.967. The van der Waals surface area contributed by atoms with Gasteiger partial charge in [-0.05, 0) is 33.1 Å². The second kappa shape index (κ2) is 3.71. The van der Waals surface area contributed by atoms with Crippen molar-refractivity contribution in [2.24, 2.45) is 17.3 Å². The molecule has 1 rings (SSSR count). The number of hydrogen-bond donors (Lipinski definition) is 0. The maximum absolute atomic E-state index is 11.9. The monoisotopic (exact) mass is 198 g/mol. The predicted molar refractivity (Wildman–Crippen MR) is 52.7 cm³/mol. The normalized spacial score (nSPS) is 25.7. The van der Waals surface area contributed by atoms with E-state index in [-0.39, 0.29) is 11.7 Å². The summed E-state index contributed by atoms with van der Waals surface area (Å²) >= 11 is 0. The van der Waals surface area contributed by atoms with Gasteiger partial charge >= 0.3 is 5.97 Å². The molecule has 1 aliphatic rings. The summed E-state index contributed by atoms with van der Waals surface area (Å²) in [4.78, 5) is 23.4. The maximum Gasteiger partial charge on any atom is 0.319 e. The highest BCUT2D eigenvalue weighted by molar-refractivity contribution is 6.05. The lowest BCUT2D eigenvalue weighted by Crippen LogP contribution is -2.36. The zero-order valence-corrected chi connectivity index (χ0v) is 9.29. The number of rotatable bonds is 4. The second-order valence-corrected chi connectivity index (χ2v) is 4.53. The van der Waals surface area contributed by atoms with Gasteiger partial charge in [-0.1, -0.05) is 6.92 Å². The first kappa shape index (κ1) is 11.2. The zero-order chi connectivity index (χ0) is 10.9. The fraction of sp³-hybridized carbons (Fsp3) is 0.818. The first-order valence-corrected chi connectivity index (χ1v) is 5.12. The van der Waals surface area contributed by atoms with E-state index < -0.39 is 11.4 Å². The molecule has 0 aromatic carbocycles. The van der Waals surface area contributed by atoms with Gasteiger partial charge in [0.05, 0.1) is 6.61 Å². The number of Topliss-reactive ketones (excluding diaryl/α,β-unsaturated/α-hetero) is 1. The summed E-state index contributed by atoms with van der Waals surface area (Å²) in [5.74, 6) is 0.151. The van der Waals surface area contributed by atoms with Gasteiger partial charge in [0, 0.05) is 5.92 Å². The van der Waals surface area contributed by atoms with E-state index in [1.807, 2.05) is 6.92 Å². The summed E-state index contributed by atoms with van der Waals surface area (Å²) in [7, 11) is 0.